The molecule has 1 heterocycles. The number of hydrogen-bond donors (Lipinski definition) is 2. The van der Waals surface area contributed by atoms with Crippen LogP contribution in [0.1, 0.15) is 16.1 Å². The minimum Gasteiger partial charge on any atom is -0.505 e. The lowest BCUT2D eigenvalue weighted by Gasteiger charge is -2.18. The molecule has 0 spiro atoms. The van der Waals surface area contributed by atoms with E-state index in [9.17, 15) is 24.2 Å². The predicted octanol–water partition coefficient (Wildman–Crippen LogP) is 5.32. The van der Waals surface area contributed by atoms with Gasteiger partial charge in [0.2, 0.25) is 0 Å². The van der Waals surface area contributed by atoms with Gasteiger partial charge in [-0.05, 0) is 42.8 Å². The van der Waals surface area contributed by atoms with Crippen molar-refractivity contribution in [1.82, 2.24) is 4.57 Å². The van der Waals surface area contributed by atoms with Crippen LogP contribution in [0.3, 0.4) is 0 Å². The number of carboxylic acids is 1. The summed E-state index contributed by atoms with van der Waals surface area (Å²) in [5.41, 5.74) is -2.13. The van der Waals surface area contributed by atoms with Crippen LogP contribution in [0.15, 0.2) is 41.2 Å². The van der Waals surface area contributed by atoms with E-state index in [2.05, 4.69) is 0 Å². The molecule has 1 aromatic heterocycles. The molecule has 0 aliphatic carbocycles. The van der Waals surface area contributed by atoms with Gasteiger partial charge in [0.25, 0.3) is 5.56 Å². The fourth-order valence-electron chi connectivity index (χ4n) is 2.86. The fourth-order valence-corrected chi connectivity index (χ4v) is 3.32. The van der Waals surface area contributed by atoms with Gasteiger partial charge in [-0.1, -0.05) is 40.9 Å². The molecule has 0 radical (unpaired) electrons. The number of rotatable bonds is 3. The van der Waals surface area contributed by atoms with Gasteiger partial charge in [0.05, 0.1) is 21.4 Å². The monoisotopic (exact) mass is 441 g/mol. The third-order valence-electron chi connectivity index (χ3n) is 4.15. The highest BCUT2D eigenvalue weighted by Crippen LogP contribution is 2.37. The van der Waals surface area contributed by atoms with Crippen LogP contribution in [-0.2, 0) is 0 Å². The highest BCUT2D eigenvalue weighted by Gasteiger charge is 2.27. The number of aromatic hydroxyl groups is 1. The van der Waals surface area contributed by atoms with E-state index in [0.717, 1.165) is 10.6 Å². The molecule has 3 rings (SSSR count). The Bertz CT molecular complexity index is 1190. The van der Waals surface area contributed by atoms with Crippen molar-refractivity contribution in [3.8, 4) is 22.6 Å². The third kappa shape index (κ3) is 3.35. The van der Waals surface area contributed by atoms with E-state index in [1.165, 1.54) is 37.3 Å². The second-order valence-corrected chi connectivity index (χ2v) is 7.11. The summed E-state index contributed by atoms with van der Waals surface area (Å²) < 4.78 is 15.2. The molecule has 144 valence electrons. The maximum Gasteiger partial charge on any atom is 0.342 e. The Morgan fingerprint density at radius 2 is 1.75 bits per heavy atom. The number of hydrogen-bond acceptors (Lipinski definition) is 3. The van der Waals surface area contributed by atoms with Gasteiger partial charge in [-0.2, -0.15) is 0 Å². The van der Waals surface area contributed by atoms with Crippen molar-refractivity contribution in [3.05, 3.63) is 78.9 Å². The zero-order valence-electron chi connectivity index (χ0n) is 14.1. The SMILES string of the molecule is Cc1c(O)c(-c2ccc(Cl)c(Cl)c2)c(C(=O)O)c(=O)n1-c1ccc(Cl)cc1F. The van der Waals surface area contributed by atoms with Gasteiger partial charge in [-0.3, -0.25) is 9.36 Å². The van der Waals surface area contributed by atoms with E-state index in [0.29, 0.717) is 0 Å². The Morgan fingerprint density at radius 1 is 1.07 bits per heavy atom. The number of aromatic nitrogens is 1. The smallest absolute Gasteiger partial charge is 0.342 e. The van der Waals surface area contributed by atoms with Crippen LogP contribution in [0.4, 0.5) is 4.39 Å². The number of carbonyl (C=O) groups is 1. The standard InChI is InChI=1S/C19H11Cl3FNO4/c1-8-17(25)15(9-2-4-11(21)12(22)6-9)16(19(27)28)18(26)24(8)14-5-3-10(20)7-13(14)23/h2-7,25H,1H3,(H,27,28). The van der Waals surface area contributed by atoms with Gasteiger partial charge >= 0.3 is 5.97 Å². The largest absolute Gasteiger partial charge is 0.505 e. The second kappa shape index (κ2) is 7.47. The van der Waals surface area contributed by atoms with E-state index in [1.807, 2.05) is 0 Å². The Balaban J connectivity index is 2.43. The van der Waals surface area contributed by atoms with Crippen molar-refractivity contribution in [1.29, 1.82) is 0 Å². The molecule has 0 saturated carbocycles. The minimum absolute atomic E-state index is 0.0581. The lowest BCUT2D eigenvalue weighted by atomic mass is 9.98. The van der Waals surface area contributed by atoms with E-state index < -0.39 is 28.7 Å². The Kier molecular flexibility index (Phi) is 5.39. The number of aromatic carboxylic acids is 1. The summed E-state index contributed by atoms with van der Waals surface area (Å²) >= 11 is 17.6. The Labute approximate surface area is 173 Å². The second-order valence-electron chi connectivity index (χ2n) is 5.85. The summed E-state index contributed by atoms with van der Waals surface area (Å²) in [5, 5.41) is 20.8. The molecule has 0 amide bonds. The number of nitrogens with zero attached hydrogens (tertiary/aromatic N) is 1. The van der Waals surface area contributed by atoms with Crippen LogP contribution < -0.4 is 5.56 Å². The molecule has 0 fully saturated rings. The molecular formula is C19H11Cl3FNO4. The zero-order valence-corrected chi connectivity index (χ0v) is 16.4. The average Bonchev–Trinajstić information content (AvgIpc) is 2.62. The van der Waals surface area contributed by atoms with Crippen molar-refractivity contribution in [2.75, 3.05) is 0 Å². The first-order valence-corrected chi connectivity index (χ1v) is 8.89. The molecule has 0 unspecified atom stereocenters. The average molecular weight is 443 g/mol. The van der Waals surface area contributed by atoms with Crippen LogP contribution in [0, 0.1) is 12.7 Å². The lowest BCUT2D eigenvalue weighted by Crippen LogP contribution is -2.28. The molecule has 28 heavy (non-hydrogen) atoms. The molecule has 0 aliphatic rings. The molecule has 0 bridgehead atoms. The van der Waals surface area contributed by atoms with Crippen LogP contribution in [0.2, 0.25) is 15.1 Å². The normalized spacial score (nSPS) is 10.9. The van der Waals surface area contributed by atoms with Crippen LogP contribution in [0.5, 0.6) is 5.75 Å². The van der Waals surface area contributed by atoms with Crippen molar-refractivity contribution >= 4 is 40.8 Å². The Morgan fingerprint density at radius 3 is 2.32 bits per heavy atom. The fraction of sp³-hybridized carbons (Fsp3) is 0.0526. The molecular weight excluding hydrogens is 432 g/mol. The maximum absolute atomic E-state index is 14.4. The van der Waals surface area contributed by atoms with Crippen molar-refractivity contribution in [3.63, 3.8) is 0 Å². The van der Waals surface area contributed by atoms with Gasteiger partial charge in [-0.25, -0.2) is 9.18 Å². The summed E-state index contributed by atoms with van der Waals surface area (Å²) in [6.45, 7) is 1.36. The quantitative estimate of drug-likeness (QED) is 0.576. The Hall–Kier alpha value is -2.54. The first kappa shape index (κ1) is 20.2. The van der Waals surface area contributed by atoms with E-state index in [-0.39, 0.29) is 37.6 Å². The van der Waals surface area contributed by atoms with E-state index in [4.69, 9.17) is 34.8 Å². The highest BCUT2D eigenvalue weighted by atomic mass is 35.5. The van der Waals surface area contributed by atoms with Gasteiger partial charge < -0.3 is 10.2 Å². The summed E-state index contributed by atoms with van der Waals surface area (Å²) in [5.74, 6) is -2.95. The number of halogens is 4. The van der Waals surface area contributed by atoms with Gasteiger partial charge in [-0.15, -0.1) is 0 Å². The summed E-state index contributed by atoms with van der Waals surface area (Å²) in [7, 11) is 0. The molecule has 5 nitrogen and oxygen atoms in total. The van der Waals surface area contributed by atoms with Crippen LogP contribution in [-0.4, -0.2) is 20.7 Å². The lowest BCUT2D eigenvalue weighted by molar-refractivity contribution is 0.0695. The molecule has 0 atom stereocenters. The maximum atomic E-state index is 14.4. The topological polar surface area (TPSA) is 79.5 Å². The summed E-state index contributed by atoms with van der Waals surface area (Å²) in [6, 6.07) is 7.70. The summed E-state index contributed by atoms with van der Waals surface area (Å²) in [4.78, 5) is 24.8. The number of carboxylic acid groups (broad SMARTS) is 1. The predicted molar refractivity (Wildman–Crippen MR) is 106 cm³/mol. The van der Waals surface area contributed by atoms with Crippen LogP contribution in [0.25, 0.3) is 16.8 Å². The van der Waals surface area contributed by atoms with Crippen molar-refractivity contribution in [2.24, 2.45) is 0 Å². The first-order valence-electron chi connectivity index (χ1n) is 7.76. The molecule has 3 aromatic rings. The molecule has 0 saturated heterocycles. The van der Waals surface area contributed by atoms with Crippen molar-refractivity contribution < 1.29 is 19.4 Å². The van der Waals surface area contributed by atoms with Gasteiger partial charge in [0, 0.05) is 10.6 Å². The molecule has 9 heteroatoms. The van der Waals surface area contributed by atoms with E-state index in [1.54, 1.807) is 0 Å². The molecule has 2 N–H and O–H groups in total. The third-order valence-corrected chi connectivity index (χ3v) is 5.13. The van der Waals surface area contributed by atoms with Crippen LogP contribution >= 0.6 is 34.8 Å². The number of benzene rings is 2. The zero-order chi connectivity index (χ0) is 20.7. The highest BCUT2D eigenvalue weighted by molar-refractivity contribution is 6.42. The van der Waals surface area contributed by atoms with Gasteiger partial charge in [0.1, 0.15) is 17.1 Å². The number of pyridine rings is 1. The van der Waals surface area contributed by atoms with Gasteiger partial charge in [0.15, 0.2) is 0 Å². The summed E-state index contributed by atoms with van der Waals surface area (Å²) in [6.07, 6.45) is 0. The first-order chi connectivity index (χ1) is 13.1. The van der Waals surface area contributed by atoms with Crippen molar-refractivity contribution in [2.45, 2.75) is 6.92 Å². The minimum atomic E-state index is -1.59. The molecule has 2 aromatic carbocycles. The van der Waals surface area contributed by atoms with E-state index >= 15 is 0 Å². The molecule has 0 aliphatic heterocycles.